The molecular weight excluding hydrogens is 240 g/mol. The van der Waals surface area contributed by atoms with Crippen LogP contribution >= 0.6 is 11.8 Å². The molecule has 0 aliphatic heterocycles. The lowest BCUT2D eigenvalue weighted by atomic mass is 10.3. The van der Waals surface area contributed by atoms with Crippen LogP contribution in [0.5, 0.6) is 11.5 Å². The highest BCUT2D eigenvalue weighted by Gasteiger charge is 2.04. The van der Waals surface area contributed by atoms with Crippen molar-refractivity contribution >= 4 is 11.8 Å². The van der Waals surface area contributed by atoms with Gasteiger partial charge in [-0.2, -0.15) is 0 Å². The van der Waals surface area contributed by atoms with E-state index in [1.54, 1.807) is 0 Å². The molecule has 0 atom stereocenters. The Labute approximate surface area is 113 Å². The third-order valence-electron chi connectivity index (χ3n) is 2.58. The fraction of sp³-hybridized carbons (Fsp3) is 0.250. The van der Waals surface area contributed by atoms with E-state index in [4.69, 9.17) is 4.74 Å². The van der Waals surface area contributed by atoms with Gasteiger partial charge >= 0.3 is 0 Å². The number of hydrogen-bond acceptors (Lipinski definition) is 2. The Hall–Kier alpha value is -1.41. The minimum absolute atomic E-state index is 0.890. The number of para-hydroxylation sites is 2. The summed E-state index contributed by atoms with van der Waals surface area (Å²) in [6, 6.07) is 18.2. The molecule has 0 saturated carbocycles. The van der Waals surface area contributed by atoms with Gasteiger partial charge in [0.1, 0.15) is 11.5 Å². The van der Waals surface area contributed by atoms with E-state index in [2.05, 4.69) is 19.1 Å². The minimum atomic E-state index is 0.890. The molecule has 0 heterocycles. The molecular formula is C16H18OS. The van der Waals surface area contributed by atoms with Crippen LogP contribution in [0.1, 0.15) is 19.8 Å². The molecule has 2 heteroatoms. The molecule has 0 aliphatic carbocycles. The van der Waals surface area contributed by atoms with Crippen LogP contribution in [0.15, 0.2) is 59.5 Å². The van der Waals surface area contributed by atoms with E-state index in [1.807, 2.05) is 54.2 Å². The first-order valence-corrected chi connectivity index (χ1v) is 7.33. The van der Waals surface area contributed by atoms with Gasteiger partial charge in [0.15, 0.2) is 0 Å². The van der Waals surface area contributed by atoms with Crippen LogP contribution in [0.3, 0.4) is 0 Å². The molecule has 0 aromatic heterocycles. The molecule has 0 bridgehead atoms. The van der Waals surface area contributed by atoms with Crippen molar-refractivity contribution in [1.29, 1.82) is 0 Å². The molecule has 0 spiro atoms. The fourth-order valence-electron chi connectivity index (χ4n) is 1.60. The first-order valence-electron chi connectivity index (χ1n) is 6.35. The Bertz CT molecular complexity index is 468. The molecule has 0 amide bonds. The largest absolute Gasteiger partial charge is 0.456 e. The molecule has 2 aromatic rings. The summed E-state index contributed by atoms with van der Waals surface area (Å²) < 4.78 is 5.92. The molecule has 0 aliphatic rings. The second-order valence-electron chi connectivity index (χ2n) is 4.06. The van der Waals surface area contributed by atoms with E-state index in [0.29, 0.717) is 0 Å². The molecule has 94 valence electrons. The topological polar surface area (TPSA) is 9.23 Å². The zero-order valence-corrected chi connectivity index (χ0v) is 11.5. The van der Waals surface area contributed by atoms with Crippen molar-refractivity contribution in [2.45, 2.75) is 24.7 Å². The summed E-state index contributed by atoms with van der Waals surface area (Å²) in [6.45, 7) is 2.22. The van der Waals surface area contributed by atoms with E-state index in [-0.39, 0.29) is 0 Å². The summed E-state index contributed by atoms with van der Waals surface area (Å²) >= 11 is 1.87. The van der Waals surface area contributed by atoms with Crippen molar-refractivity contribution in [1.82, 2.24) is 0 Å². The van der Waals surface area contributed by atoms with Gasteiger partial charge in [-0.1, -0.05) is 43.7 Å². The lowest BCUT2D eigenvalue weighted by Crippen LogP contribution is -1.87. The van der Waals surface area contributed by atoms with Crippen LogP contribution in [0.4, 0.5) is 0 Å². The molecule has 0 radical (unpaired) electrons. The predicted octanol–water partition coefficient (Wildman–Crippen LogP) is 5.37. The minimum Gasteiger partial charge on any atom is -0.456 e. The van der Waals surface area contributed by atoms with Crippen molar-refractivity contribution in [2.75, 3.05) is 5.75 Å². The van der Waals surface area contributed by atoms with Crippen LogP contribution in [0.25, 0.3) is 0 Å². The lowest BCUT2D eigenvalue weighted by molar-refractivity contribution is 0.471. The van der Waals surface area contributed by atoms with E-state index in [9.17, 15) is 0 Å². The van der Waals surface area contributed by atoms with Crippen LogP contribution < -0.4 is 4.74 Å². The Morgan fingerprint density at radius 3 is 2.44 bits per heavy atom. The van der Waals surface area contributed by atoms with E-state index >= 15 is 0 Å². The summed E-state index contributed by atoms with van der Waals surface area (Å²) in [4.78, 5) is 1.22. The monoisotopic (exact) mass is 258 g/mol. The number of rotatable bonds is 6. The summed E-state index contributed by atoms with van der Waals surface area (Å²) in [5.74, 6) is 2.98. The molecule has 1 nitrogen and oxygen atoms in total. The fourth-order valence-corrected chi connectivity index (χ4v) is 2.68. The maximum absolute atomic E-state index is 5.92. The van der Waals surface area contributed by atoms with Gasteiger partial charge in [0, 0.05) is 0 Å². The third kappa shape index (κ3) is 3.81. The van der Waals surface area contributed by atoms with Gasteiger partial charge in [0.2, 0.25) is 0 Å². The second kappa shape index (κ2) is 7.12. The smallest absolute Gasteiger partial charge is 0.140 e. The molecule has 0 N–H and O–H groups in total. The Kier molecular flexibility index (Phi) is 5.15. The Morgan fingerprint density at radius 1 is 0.944 bits per heavy atom. The predicted molar refractivity (Wildman–Crippen MR) is 78.6 cm³/mol. The van der Waals surface area contributed by atoms with Gasteiger partial charge in [0.05, 0.1) is 4.90 Å². The molecule has 0 fully saturated rings. The summed E-state index contributed by atoms with van der Waals surface area (Å²) in [7, 11) is 0. The van der Waals surface area contributed by atoms with Crippen molar-refractivity contribution in [3.8, 4) is 11.5 Å². The van der Waals surface area contributed by atoms with Gasteiger partial charge in [-0.25, -0.2) is 0 Å². The highest BCUT2D eigenvalue weighted by molar-refractivity contribution is 7.99. The quantitative estimate of drug-likeness (QED) is 0.509. The summed E-state index contributed by atoms with van der Waals surface area (Å²) in [5, 5.41) is 0. The molecule has 0 unspecified atom stereocenters. The van der Waals surface area contributed by atoms with Crippen molar-refractivity contribution in [3.05, 3.63) is 54.6 Å². The van der Waals surface area contributed by atoms with Crippen molar-refractivity contribution < 1.29 is 4.74 Å². The maximum Gasteiger partial charge on any atom is 0.140 e. The van der Waals surface area contributed by atoms with Crippen LogP contribution in [-0.4, -0.2) is 5.75 Å². The van der Waals surface area contributed by atoms with Gasteiger partial charge in [-0.05, 0) is 36.4 Å². The molecule has 2 rings (SSSR count). The third-order valence-corrected chi connectivity index (χ3v) is 3.72. The van der Waals surface area contributed by atoms with Crippen LogP contribution in [0.2, 0.25) is 0 Å². The van der Waals surface area contributed by atoms with Crippen LogP contribution in [0, 0.1) is 0 Å². The van der Waals surface area contributed by atoms with E-state index in [0.717, 1.165) is 17.3 Å². The molecule has 18 heavy (non-hydrogen) atoms. The zero-order chi connectivity index (χ0) is 12.6. The molecule has 0 saturated heterocycles. The Morgan fingerprint density at radius 2 is 1.67 bits per heavy atom. The first kappa shape index (κ1) is 13.0. The zero-order valence-electron chi connectivity index (χ0n) is 10.6. The number of thioether (sulfide) groups is 1. The highest BCUT2D eigenvalue weighted by atomic mass is 32.2. The number of ether oxygens (including phenoxy) is 1. The van der Waals surface area contributed by atoms with Crippen molar-refractivity contribution in [2.24, 2.45) is 0 Å². The standard InChI is InChI=1S/C16H18OS/c1-2-3-13-18-16-12-8-7-11-15(16)17-14-9-5-4-6-10-14/h4-12H,2-3,13H2,1H3. The van der Waals surface area contributed by atoms with Gasteiger partial charge in [0.25, 0.3) is 0 Å². The number of hydrogen-bond donors (Lipinski definition) is 0. The summed E-state index contributed by atoms with van der Waals surface area (Å²) in [6.07, 6.45) is 2.47. The van der Waals surface area contributed by atoms with Gasteiger partial charge in [-0.15, -0.1) is 11.8 Å². The average molecular weight is 258 g/mol. The van der Waals surface area contributed by atoms with Crippen molar-refractivity contribution in [3.63, 3.8) is 0 Å². The lowest BCUT2D eigenvalue weighted by Gasteiger charge is -2.10. The van der Waals surface area contributed by atoms with Gasteiger partial charge in [-0.3, -0.25) is 0 Å². The number of benzene rings is 2. The van der Waals surface area contributed by atoms with E-state index < -0.39 is 0 Å². The maximum atomic E-state index is 5.92. The first-order chi connectivity index (χ1) is 8.90. The van der Waals surface area contributed by atoms with E-state index in [1.165, 1.54) is 17.7 Å². The Balaban J connectivity index is 2.07. The SMILES string of the molecule is CCCCSc1ccccc1Oc1ccccc1. The molecule has 2 aromatic carbocycles. The van der Waals surface area contributed by atoms with Crippen LogP contribution in [-0.2, 0) is 0 Å². The normalized spacial score (nSPS) is 10.3. The van der Waals surface area contributed by atoms with Gasteiger partial charge < -0.3 is 4.74 Å². The average Bonchev–Trinajstić information content (AvgIpc) is 2.42. The number of unbranched alkanes of at least 4 members (excludes halogenated alkanes) is 1. The highest BCUT2D eigenvalue weighted by Crippen LogP contribution is 2.32. The summed E-state index contributed by atoms with van der Waals surface area (Å²) in [5.41, 5.74) is 0. The second-order valence-corrected chi connectivity index (χ2v) is 5.20.